The summed E-state index contributed by atoms with van der Waals surface area (Å²) in [7, 11) is 1.54. The molecule has 0 spiro atoms. The summed E-state index contributed by atoms with van der Waals surface area (Å²) in [5, 5.41) is 0. The smallest absolute Gasteiger partial charge is 0.207 e. The molecule has 0 aliphatic heterocycles. The van der Waals surface area contributed by atoms with Crippen molar-refractivity contribution in [3.8, 4) is 0 Å². The fourth-order valence-electron chi connectivity index (χ4n) is 0.520. The Bertz CT molecular complexity index is 341. The first kappa shape index (κ1) is 12.9. The van der Waals surface area contributed by atoms with Crippen LogP contribution in [0.1, 0.15) is 13.3 Å². The van der Waals surface area contributed by atoms with Gasteiger partial charge in [0.2, 0.25) is 0 Å². The Morgan fingerprint density at radius 3 is 2.46 bits per heavy atom. The summed E-state index contributed by atoms with van der Waals surface area (Å²) in [5.74, 6) is 0. The minimum Gasteiger partial charge on any atom is -0.207 e. The van der Waals surface area contributed by atoms with E-state index in [-0.39, 0.29) is 4.91 Å². The first-order chi connectivity index (χ1) is 5.88. The van der Waals surface area contributed by atoms with E-state index in [1.54, 1.807) is 12.2 Å². The van der Waals surface area contributed by atoms with Gasteiger partial charge in [-0.15, -0.1) is 0 Å². The lowest BCUT2D eigenvalue weighted by molar-refractivity contribution is 0.614. The van der Waals surface area contributed by atoms with Crippen LogP contribution in [0.2, 0.25) is 0 Å². The predicted octanol–water partition coefficient (Wildman–Crippen LogP) is 3.31. The third-order valence-corrected chi connectivity index (χ3v) is 3.61. The van der Waals surface area contributed by atoms with E-state index < -0.39 is 9.05 Å². The second-order valence-corrected chi connectivity index (χ2v) is 5.94. The van der Waals surface area contributed by atoms with Gasteiger partial charge < -0.3 is 0 Å². The molecule has 13 heavy (non-hydrogen) atoms. The van der Waals surface area contributed by atoms with Crippen LogP contribution in [-0.2, 0) is 9.05 Å². The SMILES string of the molecule is C=C/C(Br)=C/C/C=C(\C)S(=O)(=O)Cl. The standard InChI is InChI=1S/C8H10BrClO2S/c1-3-8(9)6-4-5-7(2)13(10,11)12/h3,5-6H,1,4H2,2H3/b7-5+,8-6-. The van der Waals surface area contributed by atoms with E-state index in [0.29, 0.717) is 6.42 Å². The van der Waals surface area contributed by atoms with E-state index >= 15 is 0 Å². The summed E-state index contributed by atoms with van der Waals surface area (Å²) in [4.78, 5) is 0.162. The Hall–Kier alpha value is -0.0600. The average molecular weight is 286 g/mol. The highest BCUT2D eigenvalue weighted by atomic mass is 79.9. The van der Waals surface area contributed by atoms with Crippen LogP contribution < -0.4 is 0 Å². The molecule has 5 heteroatoms. The summed E-state index contributed by atoms with van der Waals surface area (Å²) in [6.07, 6.45) is 5.45. The van der Waals surface area contributed by atoms with Crippen molar-refractivity contribution in [3.05, 3.63) is 34.2 Å². The fourth-order valence-corrected chi connectivity index (χ4v) is 1.19. The van der Waals surface area contributed by atoms with Gasteiger partial charge >= 0.3 is 0 Å². The molecule has 0 aliphatic carbocycles. The molecule has 0 aromatic heterocycles. The monoisotopic (exact) mass is 284 g/mol. The molecule has 0 unspecified atom stereocenters. The van der Waals surface area contributed by atoms with Crippen LogP contribution >= 0.6 is 26.6 Å². The molecule has 74 valence electrons. The molecule has 0 aromatic rings. The average Bonchev–Trinajstić information content (AvgIpc) is 2.02. The molecule has 0 amide bonds. The molecule has 0 rings (SSSR count). The summed E-state index contributed by atoms with van der Waals surface area (Å²) in [6, 6.07) is 0. The van der Waals surface area contributed by atoms with Crippen molar-refractivity contribution in [3.63, 3.8) is 0 Å². The first-order valence-corrected chi connectivity index (χ1v) is 6.57. The molecule has 0 atom stereocenters. The zero-order valence-corrected chi connectivity index (χ0v) is 10.3. The third-order valence-electron chi connectivity index (χ3n) is 1.30. The minimum atomic E-state index is -3.54. The molecule has 0 fully saturated rings. The maximum atomic E-state index is 10.7. The molecule has 0 bridgehead atoms. The highest BCUT2D eigenvalue weighted by molar-refractivity contribution is 9.11. The Kier molecular flexibility index (Phi) is 5.60. The normalized spacial score (nSPS) is 14.4. The number of halogens is 2. The van der Waals surface area contributed by atoms with Crippen LogP contribution in [-0.4, -0.2) is 8.42 Å². The van der Waals surface area contributed by atoms with Gasteiger partial charge in [0, 0.05) is 15.2 Å². The predicted molar refractivity (Wildman–Crippen MR) is 60.4 cm³/mol. The van der Waals surface area contributed by atoms with Crippen molar-refractivity contribution in [2.45, 2.75) is 13.3 Å². The van der Waals surface area contributed by atoms with Crippen LogP contribution in [0.3, 0.4) is 0 Å². The van der Waals surface area contributed by atoms with Crippen LogP contribution in [0.15, 0.2) is 34.2 Å². The highest BCUT2D eigenvalue weighted by Gasteiger charge is 2.06. The zero-order chi connectivity index (χ0) is 10.5. The van der Waals surface area contributed by atoms with Gasteiger partial charge in [0.05, 0.1) is 4.91 Å². The number of hydrogen-bond donors (Lipinski definition) is 0. The van der Waals surface area contributed by atoms with Crippen LogP contribution in [0, 0.1) is 0 Å². The van der Waals surface area contributed by atoms with Gasteiger partial charge in [-0.05, 0) is 13.3 Å². The zero-order valence-electron chi connectivity index (χ0n) is 7.13. The maximum Gasteiger partial charge on any atom is 0.256 e. The second kappa shape index (κ2) is 5.62. The minimum absolute atomic E-state index is 0.162. The van der Waals surface area contributed by atoms with Gasteiger partial charge in [-0.1, -0.05) is 40.7 Å². The molecule has 0 heterocycles. The molecule has 0 radical (unpaired) electrons. The van der Waals surface area contributed by atoms with Gasteiger partial charge in [-0.3, -0.25) is 0 Å². The fraction of sp³-hybridized carbons (Fsp3) is 0.250. The quantitative estimate of drug-likeness (QED) is 0.586. The summed E-state index contributed by atoms with van der Waals surface area (Å²) in [5.41, 5.74) is 0. The van der Waals surface area contributed by atoms with Gasteiger partial charge in [0.15, 0.2) is 0 Å². The third kappa shape index (κ3) is 6.07. The second-order valence-electron chi connectivity index (χ2n) is 2.28. The van der Waals surface area contributed by atoms with E-state index in [0.717, 1.165) is 4.48 Å². The van der Waals surface area contributed by atoms with Crippen molar-refractivity contribution in [1.29, 1.82) is 0 Å². The summed E-state index contributed by atoms with van der Waals surface area (Å²) >= 11 is 3.21. The number of rotatable bonds is 4. The van der Waals surface area contributed by atoms with E-state index in [1.807, 2.05) is 0 Å². The van der Waals surface area contributed by atoms with Crippen molar-refractivity contribution in [1.82, 2.24) is 0 Å². The highest BCUT2D eigenvalue weighted by Crippen LogP contribution is 2.13. The maximum absolute atomic E-state index is 10.7. The number of hydrogen-bond acceptors (Lipinski definition) is 2. The summed E-state index contributed by atoms with van der Waals surface area (Å²) in [6.45, 7) is 4.98. The van der Waals surface area contributed by atoms with Crippen LogP contribution in [0.25, 0.3) is 0 Å². The van der Waals surface area contributed by atoms with Crippen LogP contribution in [0.5, 0.6) is 0 Å². The van der Waals surface area contributed by atoms with E-state index in [2.05, 4.69) is 22.5 Å². The lowest BCUT2D eigenvalue weighted by Gasteiger charge is -1.92. The van der Waals surface area contributed by atoms with Gasteiger partial charge in [-0.25, -0.2) is 8.42 Å². The van der Waals surface area contributed by atoms with Crippen molar-refractivity contribution >= 4 is 35.7 Å². The first-order valence-electron chi connectivity index (χ1n) is 3.47. The molecular formula is C8H10BrClO2S. The molecule has 0 saturated heterocycles. The molecular weight excluding hydrogens is 276 g/mol. The van der Waals surface area contributed by atoms with E-state index in [1.165, 1.54) is 13.0 Å². The number of allylic oxidation sites excluding steroid dienone is 5. The van der Waals surface area contributed by atoms with Gasteiger partial charge in [-0.2, -0.15) is 0 Å². The van der Waals surface area contributed by atoms with Gasteiger partial charge in [0.25, 0.3) is 9.05 Å². The molecule has 2 nitrogen and oxygen atoms in total. The Morgan fingerprint density at radius 2 is 2.08 bits per heavy atom. The Labute approximate surface area is 91.5 Å². The van der Waals surface area contributed by atoms with Crippen molar-refractivity contribution in [2.24, 2.45) is 0 Å². The van der Waals surface area contributed by atoms with Crippen LogP contribution in [0.4, 0.5) is 0 Å². The Morgan fingerprint density at radius 1 is 1.54 bits per heavy atom. The van der Waals surface area contributed by atoms with E-state index in [4.69, 9.17) is 10.7 Å². The summed E-state index contributed by atoms with van der Waals surface area (Å²) < 4.78 is 22.3. The molecule has 0 aliphatic rings. The van der Waals surface area contributed by atoms with Crippen molar-refractivity contribution < 1.29 is 8.42 Å². The largest absolute Gasteiger partial charge is 0.256 e. The topological polar surface area (TPSA) is 34.1 Å². The molecule has 0 N–H and O–H groups in total. The molecule has 0 aromatic carbocycles. The molecule has 0 saturated carbocycles. The Balaban J connectivity index is 4.39. The van der Waals surface area contributed by atoms with E-state index in [9.17, 15) is 8.42 Å². The lowest BCUT2D eigenvalue weighted by Crippen LogP contribution is -1.89. The van der Waals surface area contributed by atoms with Gasteiger partial charge in [0.1, 0.15) is 0 Å². The lowest BCUT2D eigenvalue weighted by atomic mass is 10.3. The van der Waals surface area contributed by atoms with Crippen molar-refractivity contribution in [2.75, 3.05) is 0 Å².